The van der Waals surface area contributed by atoms with Crippen molar-refractivity contribution in [1.29, 1.82) is 0 Å². The fourth-order valence-electron chi connectivity index (χ4n) is 1.80. The molecule has 0 radical (unpaired) electrons. The molecule has 1 aromatic rings. The summed E-state index contributed by atoms with van der Waals surface area (Å²) in [4.78, 5) is 11.4. The molecule has 0 aromatic heterocycles. The summed E-state index contributed by atoms with van der Waals surface area (Å²) in [6.07, 6.45) is 1.96. The van der Waals surface area contributed by atoms with Crippen molar-refractivity contribution in [2.45, 2.75) is 32.4 Å². The molecule has 1 fully saturated rings. The molecule has 1 saturated carbocycles. The van der Waals surface area contributed by atoms with Gasteiger partial charge in [0.05, 0.1) is 0 Å². The molecule has 0 bridgehead atoms. The summed E-state index contributed by atoms with van der Waals surface area (Å²) in [5.74, 6) is 0.587. The summed E-state index contributed by atoms with van der Waals surface area (Å²) < 4.78 is 5.13. The van der Waals surface area contributed by atoms with E-state index < -0.39 is 0 Å². The molecule has 0 saturated heterocycles. The average molecular weight is 219 g/mol. The van der Waals surface area contributed by atoms with Crippen LogP contribution < -0.4 is 5.32 Å². The highest BCUT2D eigenvalue weighted by molar-refractivity contribution is 5.67. The van der Waals surface area contributed by atoms with Gasteiger partial charge in [0.15, 0.2) is 0 Å². The highest BCUT2D eigenvalue weighted by Crippen LogP contribution is 2.26. The quantitative estimate of drug-likeness (QED) is 0.848. The number of hydrogen-bond donors (Lipinski definition) is 1. The van der Waals surface area contributed by atoms with Crippen LogP contribution in [0.3, 0.4) is 0 Å². The molecular weight excluding hydrogens is 202 g/mol. The van der Waals surface area contributed by atoms with E-state index in [2.05, 4.69) is 12.2 Å². The fraction of sp³-hybridized carbons (Fsp3) is 0.462. The van der Waals surface area contributed by atoms with Crippen LogP contribution in [0.25, 0.3) is 0 Å². The Morgan fingerprint density at radius 1 is 1.38 bits per heavy atom. The lowest BCUT2D eigenvalue weighted by Gasteiger charge is -2.33. The summed E-state index contributed by atoms with van der Waals surface area (Å²) >= 11 is 0. The zero-order valence-electron chi connectivity index (χ0n) is 9.48. The van der Waals surface area contributed by atoms with E-state index in [1.807, 2.05) is 30.3 Å². The van der Waals surface area contributed by atoms with E-state index in [1.54, 1.807) is 0 Å². The van der Waals surface area contributed by atoms with E-state index in [-0.39, 0.29) is 6.09 Å². The molecule has 1 aromatic carbocycles. The number of benzene rings is 1. The molecule has 0 heterocycles. The first-order valence-electron chi connectivity index (χ1n) is 5.73. The van der Waals surface area contributed by atoms with Gasteiger partial charge in [-0.2, -0.15) is 0 Å². The molecule has 3 heteroatoms. The minimum absolute atomic E-state index is 0.305. The molecule has 1 aliphatic carbocycles. The molecule has 1 N–H and O–H groups in total. The first-order valence-corrected chi connectivity index (χ1v) is 5.73. The highest BCUT2D eigenvalue weighted by Gasteiger charge is 2.28. The average Bonchev–Trinajstić information content (AvgIpc) is 2.33. The number of rotatable bonds is 3. The number of nitrogens with one attached hydrogen (secondary N) is 1. The Balaban J connectivity index is 1.72. The van der Waals surface area contributed by atoms with Gasteiger partial charge in [-0.25, -0.2) is 4.79 Å². The zero-order valence-corrected chi connectivity index (χ0v) is 9.48. The number of carbonyl (C=O) groups excluding carboxylic acids is 1. The van der Waals surface area contributed by atoms with Gasteiger partial charge in [-0.15, -0.1) is 0 Å². The maximum atomic E-state index is 11.4. The van der Waals surface area contributed by atoms with Gasteiger partial charge >= 0.3 is 6.09 Å². The van der Waals surface area contributed by atoms with E-state index in [4.69, 9.17) is 4.74 Å². The molecule has 86 valence electrons. The van der Waals surface area contributed by atoms with Crippen LogP contribution in [0.5, 0.6) is 0 Å². The van der Waals surface area contributed by atoms with Gasteiger partial charge < -0.3 is 10.1 Å². The molecule has 0 unspecified atom stereocenters. The van der Waals surface area contributed by atoms with Crippen molar-refractivity contribution in [3.63, 3.8) is 0 Å². The molecule has 3 nitrogen and oxygen atoms in total. The van der Waals surface area contributed by atoms with Crippen LogP contribution in [0.15, 0.2) is 30.3 Å². The number of alkyl carbamates (subject to hydrolysis) is 1. The summed E-state index contributed by atoms with van der Waals surface area (Å²) in [6.45, 7) is 2.49. The largest absolute Gasteiger partial charge is 0.445 e. The van der Waals surface area contributed by atoms with Gasteiger partial charge in [0.2, 0.25) is 0 Å². The molecule has 2 atom stereocenters. The van der Waals surface area contributed by atoms with Crippen LogP contribution in [0, 0.1) is 5.92 Å². The minimum Gasteiger partial charge on any atom is -0.445 e. The third kappa shape index (κ3) is 2.75. The van der Waals surface area contributed by atoms with Crippen LogP contribution in [-0.2, 0) is 11.3 Å². The summed E-state index contributed by atoms with van der Waals surface area (Å²) in [6, 6.07) is 10.0. The summed E-state index contributed by atoms with van der Waals surface area (Å²) in [5.41, 5.74) is 1.01. The standard InChI is InChI=1S/C13H17NO2/c1-10-7-8-12(10)14-13(15)16-9-11-5-3-2-4-6-11/h2-6,10,12H,7-9H2,1H3,(H,14,15)/t10-,12-/m0/s1. The second-order valence-corrected chi connectivity index (χ2v) is 4.37. The number of hydrogen-bond acceptors (Lipinski definition) is 2. The molecule has 16 heavy (non-hydrogen) atoms. The van der Waals surface area contributed by atoms with Crippen LogP contribution in [0.4, 0.5) is 4.79 Å². The third-order valence-electron chi connectivity index (χ3n) is 3.14. The topological polar surface area (TPSA) is 38.3 Å². The van der Waals surface area contributed by atoms with Crippen LogP contribution in [0.2, 0.25) is 0 Å². The van der Waals surface area contributed by atoms with Crippen molar-refractivity contribution in [2.75, 3.05) is 0 Å². The first kappa shape index (κ1) is 11.0. The summed E-state index contributed by atoms with van der Waals surface area (Å²) in [5, 5.41) is 2.88. The van der Waals surface area contributed by atoms with Crippen molar-refractivity contribution in [2.24, 2.45) is 5.92 Å². The molecule has 2 rings (SSSR count). The van der Waals surface area contributed by atoms with Gasteiger partial charge in [-0.1, -0.05) is 37.3 Å². The van der Waals surface area contributed by atoms with E-state index >= 15 is 0 Å². The van der Waals surface area contributed by atoms with Crippen LogP contribution >= 0.6 is 0 Å². The lowest BCUT2D eigenvalue weighted by Crippen LogP contribution is -2.45. The van der Waals surface area contributed by atoms with Gasteiger partial charge in [-0.3, -0.25) is 0 Å². The Morgan fingerprint density at radius 2 is 2.12 bits per heavy atom. The Morgan fingerprint density at radius 3 is 2.69 bits per heavy atom. The van der Waals surface area contributed by atoms with Crippen LogP contribution in [0.1, 0.15) is 25.3 Å². The molecular formula is C13H17NO2. The number of amides is 1. The van der Waals surface area contributed by atoms with Gasteiger partial charge in [0.25, 0.3) is 0 Å². The Labute approximate surface area is 95.8 Å². The van der Waals surface area contributed by atoms with Crippen molar-refractivity contribution in [3.05, 3.63) is 35.9 Å². The smallest absolute Gasteiger partial charge is 0.407 e. The second kappa shape index (κ2) is 5.01. The van der Waals surface area contributed by atoms with Crippen molar-refractivity contribution in [3.8, 4) is 0 Å². The van der Waals surface area contributed by atoms with Gasteiger partial charge in [-0.05, 0) is 24.3 Å². The molecule has 0 aliphatic heterocycles. The Kier molecular flexibility index (Phi) is 3.44. The molecule has 1 aliphatic rings. The predicted molar refractivity (Wildman–Crippen MR) is 61.9 cm³/mol. The Hall–Kier alpha value is -1.51. The van der Waals surface area contributed by atoms with Crippen molar-refractivity contribution >= 4 is 6.09 Å². The SMILES string of the molecule is C[C@H]1CC[C@@H]1NC(=O)OCc1ccccc1. The second-order valence-electron chi connectivity index (χ2n) is 4.37. The summed E-state index contributed by atoms with van der Waals surface area (Å²) in [7, 11) is 0. The number of ether oxygens (including phenoxy) is 1. The van der Waals surface area contributed by atoms with E-state index in [0.717, 1.165) is 12.0 Å². The van der Waals surface area contributed by atoms with Crippen LogP contribution in [-0.4, -0.2) is 12.1 Å². The van der Waals surface area contributed by atoms with Gasteiger partial charge in [0, 0.05) is 6.04 Å². The van der Waals surface area contributed by atoms with E-state index in [0.29, 0.717) is 18.6 Å². The highest BCUT2D eigenvalue weighted by atomic mass is 16.5. The third-order valence-corrected chi connectivity index (χ3v) is 3.14. The maximum absolute atomic E-state index is 11.4. The monoisotopic (exact) mass is 219 g/mol. The maximum Gasteiger partial charge on any atom is 0.407 e. The van der Waals surface area contributed by atoms with Crippen molar-refractivity contribution < 1.29 is 9.53 Å². The van der Waals surface area contributed by atoms with Crippen molar-refractivity contribution in [1.82, 2.24) is 5.32 Å². The minimum atomic E-state index is -0.305. The lowest BCUT2D eigenvalue weighted by atomic mass is 9.81. The number of carbonyl (C=O) groups is 1. The van der Waals surface area contributed by atoms with E-state index in [9.17, 15) is 4.79 Å². The zero-order chi connectivity index (χ0) is 11.4. The normalized spacial score (nSPS) is 23.3. The first-order chi connectivity index (χ1) is 7.75. The fourth-order valence-corrected chi connectivity index (χ4v) is 1.80. The predicted octanol–water partition coefficient (Wildman–Crippen LogP) is 2.71. The lowest BCUT2D eigenvalue weighted by molar-refractivity contribution is 0.121. The van der Waals surface area contributed by atoms with Gasteiger partial charge in [0.1, 0.15) is 6.61 Å². The molecule has 0 spiro atoms. The van der Waals surface area contributed by atoms with E-state index in [1.165, 1.54) is 6.42 Å². The Bertz CT molecular complexity index is 350. The molecule has 1 amide bonds.